The molecule has 0 aromatic rings. The van der Waals surface area contributed by atoms with Gasteiger partial charge in [0.25, 0.3) is 0 Å². The zero-order valence-electron chi connectivity index (χ0n) is 12.7. The molecule has 0 fully saturated rings. The van der Waals surface area contributed by atoms with E-state index >= 15 is 0 Å². The number of aliphatic carboxylic acids is 1. The monoisotopic (exact) mass is 282 g/mol. The fraction of sp³-hybridized carbons (Fsp3) is 0.733. The summed E-state index contributed by atoms with van der Waals surface area (Å²) in [7, 11) is 0. The molecule has 5 heteroatoms. The number of hydrogen-bond acceptors (Lipinski definition) is 2. The summed E-state index contributed by atoms with van der Waals surface area (Å²) in [6.07, 6.45) is 8.27. The summed E-state index contributed by atoms with van der Waals surface area (Å²) in [5.41, 5.74) is 0. The molecule has 2 unspecified atom stereocenters. The fourth-order valence-electron chi connectivity index (χ4n) is 1.86. The van der Waals surface area contributed by atoms with Crippen LogP contribution in [0.15, 0.2) is 0 Å². The van der Waals surface area contributed by atoms with E-state index in [1.165, 1.54) is 0 Å². The molecule has 0 saturated heterocycles. The Morgan fingerprint density at radius 2 is 2.00 bits per heavy atom. The summed E-state index contributed by atoms with van der Waals surface area (Å²) in [6.45, 7) is 6.56. The Kier molecular flexibility index (Phi) is 9.27. The quantitative estimate of drug-likeness (QED) is 0.638. The number of rotatable bonds is 9. The average Bonchev–Trinajstić information content (AvgIpc) is 2.38. The van der Waals surface area contributed by atoms with E-state index in [0.29, 0.717) is 19.5 Å². The highest BCUT2D eigenvalue weighted by Crippen LogP contribution is 2.09. The van der Waals surface area contributed by atoms with Gasteiger partial charge in [0.15, 0.2) is 0 Å². The second-order valence-corrected chi connectivity index (χ2v) is 5.15. The van der Waals surface area contributed by atoms with Crippen LogP contribution in [0.4, 0.5) is 4.79 Å². The van der Waals surface area contributed by atoms with Crippen molar-refractivity contribution in [2.24, 2.45) is 5.92 Å². The molecule has 0 heterocycles. The molecule has 0 aliphatic heterocycles. The predicted molar refractivity (Wildman–Crippen MR) is 79.3 cm³/mol. The molecule has 0 saturated carbocycles. The van der Waals surface area contributed by atoms with Crippen LogP contribution in [0.1, 0.15) is 46.5 Å². The topological polar surface area (TPSA) is 69.6 Å². The third-order valence-electron chi connectivity index (χ3n) is 3.13. The molecule has 0 radical (unpaired) electrons. The van der Waals surface area contributed by atoms with Gasteiger partial charge >= 0.3 is 12.0 Å². The lowest BCUT2D eigenvalue weighted by molar-refractivity contribution is -0.141. The number of carboxylic acids is 1. The number of carbonyl (C=O) groups is 2. The van der Waals surface area contributed by atoms with Gasteiger partial charge in [-0.1, -0.05) is 26.2 Å². The van der Waals surface area contributed by atoms with E-state index in [-0.39, 0.29) is 18.0 Å². The summed E-state index contributed by atoms with van der Waals surface area (Å²) in [6, 6.07) is -0.135. The lowest BCUT2D eigenvalue weighted by Gasteiger charge is -2.23. The number of nitrogens with zero attached hydrogens (tertiary/aromatic N) is 1. The van der Waals surface area contributed by atoms with E-state index in [0.717, 1.165) is 19.3 Å². The van der Waals surface area contributed by atoms with Crippen LogP contribution in [-0.4, -0.2) is 41.1 Å². The van der Waals surface area contributed by atoms with Crippen molar-refractivity contribution >= 4 is 12.0 Å². The number of nitrogens with one attached hydrogen (secondary N) is 1. The highest BCUT2D eigenvalue weighted by Gasteiger charge is 2.15. The van der Waals surface area contributed by atoms with E-state index < -0.39 is 5.97 Å². The molecule has 0 aromatic heterocycles. The van der Waals surface area contributed by atoms with Crippen LogP contribution in [0.25, 0.3) is 0 Å². The minimum atomic E-state index is -0.773. The maximum absolute atomic E-state index is 12.0. The first-order valence-electron chi connectivity index (χ1n) is 7.14. The average molecular weight is 282 g/mol. The van der Waals surface area contributed by atoms with Crippen molar-refractivity contribution in [1.29, 1.82) is 0 Å². The largest absolute Gasteiger partial charge is 0.481 e. The molecule has 0 aromatic carbocycles. The SMILES string of the molecule is C#CCN(CCC)C(=O)NC(C)CCCC(C)C(=O)O. The smallest absolute Gasteiger partial charge is 0.318 e. The van der Waals surface area contributed by atoms with Crippen LogP contribution >= 0.6 is 0 Å². The van der Waals surface area contributed by atoms with Gasteiger partial charge in [0.05, 0.1) is 12.5 Å². The second kappa shape index (κ2) is 10.1. The highest BCUT2D eigenvalue weighted by atomic mass is 16.4. The third kappa shape index (κ3) is 7.67. The van der Waals surface area contributed by atoms with E-state index in [9.17, 15) is 9.59 Å². The fourth-order valence-corrected chi connectivity index (χ4v) is 1.86. The zero-order valence-corrected chi connectivity index (χ0v) is 12.7. The molecule has 0 aliphatic carbocycles. The van der Waals surface area contributed by atoms with Crippen molar-refractivity contribution in [1.82, 2.24) is 10.2 Å². The van der Waals surface area contributed by atoms with Crippen molar-refractivity contribution in [2.45, 2.75) is 52.5 Å². The van der Waals surface area contributed by atoms with Gasteiger partial charge in [-0.05, 0) is 26.2 Å². The minimum Gasteiger partial charge on any atom is -0.481 e. The molecule has 20 heavy (non-hydrogen) atoms. The van der Waals surface area contributed by atoms with Crippen LogP contribution < -0.4 is 5.32 Å². The summed E-state index contributed by atoms with van der Waals surface area (Å²) in [5.74, 6) is 1.37. The molecule has 114 valence electrons. The van der Waals surface area contributed by atoms with Crippen LogP contribution in [0.2, 0.25) is 0 Å². The first-order valence-corrected chi connectivity index (χ1v) is 7.14. The number of carboxylic acid groups (broad SMARTS) is 1. The van der Waals surface area contributed by atoms with Crippen LogP contribution in [0, 0.1) is 18.3 Å². The Balaban J connectivity index is 4.05. The number of terminal acetylenes is 1. The Hall–Kier alpha value is -1.70. The molecule has 0 rings (SSSR count). The van der Waals surface area contributed by atoms with Gasteiger partial charge in [-0.2, -0.15) is 0 Å². The first-order chi connectivity index (χ1) is 9.42. The van der Waals surface area contributed by atoms with Crippen LogP contribution in [-0.2, 0) is 4.79 Å². The maximum Gasteiger partial charge on any atom is 0.318 e. The molecule has 2 atom stereocenters. The Labute approximate surface area is 121 Å². The standard InChI is InChI=1S/C15H26N2O3/c1-5-10-17(11-6-2)15(20)16-13(4)9-7-8-12(3)14(18)19/h1,12-13H,6-11H2,2-4H3,(H,16,20)(H,18,19). The van der Waals surface area contributed by atoms with Gasteiger partial charge in [0.1, 0.15) is 0 Å². The number of amides is 2. The van der Waals surface area contributed by atoms with Crippen LogP contribution in [0.5, 0.6) is 0 Å². The summed E-state index contributed by atoms with van der Waals surface area (Å²) >= 11 is 0. The first kappa shape index (κ1) is 18.3. The normalized spacial score (nSPS) is 13.1. The summed E-state index contributed by atoms with van der Waals surface area (Å²) < 4.78 is 0. The molecule has 0 aliphatic rings. The molecule has 0 bridgehead atoms. The van der Waals surface area contributed by atoms with Gasteiger partial charge in [-0.15, -0.1) is 6.42 Å². The van der Waals surface area contributed by atoms with Gasteiger partial charge in [0.2, 0.25) is 0 Å². The second-order valence-electron chi connectivity index (χ2n) is 5.15. The Bertz CT molecular complexity index is 350. The van der Waals surface area contributed by atoms with Crippen molar-refractivity contribution in [2.75, 3.05) is 13.1 Å². The lowest BCUT2D eigenvalue weighted by atomic mass is 10.0. The molecule has 0 spiro atoms. The predicted octanol–water partition coefficient (Wildman–Crippen LogP) is 2.32. The van der Waals surface area contributed by atoms with Gasteiger partial charge in [-0.25, -0.2) is 4.79 Å². The van der Waals surface area contributed by atoms with E-state index in [1.807, 2.05) is 13.8 Å². The van der Waals surface area contributed by atoms with Crippen molar-refractivity contribution in [3.05, 3.63) is 0 Å². The third-order valence-corrected chi connectivity index (χ3v) is 3.13. The number of hydrogen-bond donors (Lipinski definition) is 2. The van der Waals surface area contributed by atoms with Crippen molar-refractivity contribution in [3.8, 4) is 12.3 Å². The maximum atomic E-state index is 12.0. The number of urea groups is 1. The van der Waals surface area contributed by atoms with Gasteiger partial charge in [0, 0.05) is 12.6 Å². The molecule has 2 amide bonds. The van der Waals surface area contributed by atoms with Gasteiger partial charge in [-0.3, -0.25) is 4.79 Å². The lowest BCUT2D eigenvalue weighted by Crippen LogP contribution is -2.44. The minimum absolute atomic E-state index is 0.0145. The van der Waals surface area contributed by atoms with Crippen LogP contribution in [0.3, 0.4) is 0 Å². The highest BCUT2D eigenvalue weighted by molar-refractivity contribution is 5.74. The van der Waals surface area contributed by atoms with E-state index in [1.54, 1.807) is 11.8 Å². The summed E-state index contributed by atoms with van der Waals surface area (Å²) in [5, 5.41) is 11.7. The van der Waals surface area contributed by atoms with Crippen molar-refractivity contribution < 1.29 is 14.7 Å². The zero-order chi connectivity index (χ0) is 15.5. The summed E-state index contributed by atoms with van der Waals surface area (Å²) in [4.78, 5) is 24.3. The van der Waals surface area contributed by atoms with E-state index in [2.05, 4.69) is 11.2 Å². The molecule has 5 nitrogen and oxygen atoms in total. The Morgan fingerprint density at radius 1 is 1.35 bits per heavy atom. The molecular formula is C15H26N2O3. The molecule has 2 N–H and O–H groups in total. The number of carbonyl (C=O) groups excluding carboxylic acids is 1. The van der Waals surface area contributed by atoms with E-state index in [4.69, 9.17) is 11.5 Å². The Morgan fingerprint density at radius 3 is 2.50 bits per heavy atom. The molecular weight excluding hydrogens is 256 g/mol. The van der Waals surface area contributed by atoms with Crippen molar-refractivity contribution in [3.63, 3.8) is 0 Å². The van der Waals surface area contributed by atoms with Gasteiger partial charge < -0.3 is 15.3 Å².